The minimum Gasteiger partial charge on any atom is -0.439 e. The highest BCUT2D eigenvalue weighted by Gasteiger charge is 2.00. The molecule has 0 bridgehead atoms. The molecule has 0 aliphatic rings. The lowest BCUT2D eigenvalue weighted by Crippen LogP contribution is -2.08. The number of aryl methyl sites for hydroxylation is 1. The van der Waals surface area contributed by atoms with Gasteiger partial charge in [0.1, 0.15) is 11.6 Å². The molecular weight excluding hydrogens is 272 g/mol. The molecule has 5 heteroatoms. The maximum Gasteiger partial charge on any atom is 0.254 e. The van der Waals surface area contributed by atoms with E-state index in [4.69, 9.17) is 4.74 Å². The van der Waals surface area contributed by atoms with Crippen LogP contribution in [0.15, 0.2) is 39.6 Å². The van der Waals surface area contributed by atoms with Crippen LogP contribution in [0.4, 0.5) is 0 Å². The zero-order chi connectivity index (χ0) is 11.5. The van der Waals surface area contributed by atoms with E-state index in [1.807, 2.05) is 12.1 Å². The van der Waals surface area contributed by atoms with Gasteiger partial charge in [0.25, 0.3) is 5.56 Å². The normalized spacial score (nSPS) is 10.1. The molecule has 1 heterocycles. The number of halogens is 1. The average Bonchev–Trinajstić information content (AvgIpc) is 2.20. The van der Waals surface area contributed by atoms with E-state index in [2.05, 4.69) is 25.9 Å². The Kier molecular flexibility index (Phi) is 3.05. The molecule has 2 aromatic rings. The third-order valence-corrected chi connectivity index (χ3v) is 2.40. The number of ether oxygens (including phenoxy) is 1. The lowest BCUT2D eigenvalue weighted by molar-refractivity contribution is 0.458. The summed E-state index contributed by atoms with van der Waals surface area (Å²) in [7, 11) is 0. The summed E-state index contributed by atoms with van der Waals surface area (Å²) in [6, 6.07) is 8.62. The Labute approximate surface area is 100 Å². The van der Waals surface area contributed by atoms with Crippen LogP contribution in [0.1, 0.15) is 5.82 Å². The predicted molar refractivity (Wildman–Crippen MR) is 63.8 cm³/mol. The maximum absolute atomic E-state index is 11.2. The van der Waals surface area contributed by atoms with Crippen molar-refractivity contribution in [1.82, 2.24) is 9.97 Å². The highest BCUT2D eigenvalue weighted by atomic mass is 79.9. The van der Waals surface area contributed by atoms with Crippen LogP contribution in [0, 0.1) is 6.92 Å². The van der Waals surface area contributed by atoms with Gasteiger partial charge in [-0.25, -0.2) is 4.98 Å². The van der Waals surface area contributed by atoms with Crippen molar-refractivity contribution in [2.45, 2.75) is 6.92 Å². The summed E-state index contributed by atoms with van der Waals surface area (Å²) < 4.78 is 6.41. The van der Waals surface area contributed by atoms with Crippen molar-refractivity contribution in [3.8, 4) is 11.6 Å². The first kappa shape index (κ1) is 10.9. The van der Waals surface area contributed by atoms with Gasteiger partial charge in [-0.1, -0.05) is 15.9 Å². The zero-order valence-corrected chi connectivity index (χ0v) is 10.1. The van der Waals surface area contributed by atoms with Gasteiger partial charge >= 0.3 is 0 Å². The van der Waals surface area contributed by atoms with Crippen LogP contribution in [0.25, 0.3) is 0 Å². The maximum atomic E-state index is 11.2. The molecule has 0 saturated carbocycles. The molecule has 0 aliphatic heterocycles. The summed E-state index contributed by atoms with van der Waals surface area (Å²) in [4.78, 5) is 17.8. The molecule has 2 rings (SSSR count). The molecule has 4 nitrogen and oxygen atoms in total. The average molecular weight is 281 g/mol. The van der Waals surface area contributed by atoms with Gasteiger partial charge in [-0.15, -0.1) is 0 Å². The predicted octanol–water partition coefficient (Wildman–Crippen LogP) is 2.63. The third-order valence-electron chi connectivity index (χ3n) is 1.87. The Morgan fingerprint density at radius 3 is 2.62 bits per heavy atom. The molecule has 82 valence electrons. The second kappa shape index (κ2) is 4.49. The molecule has 1 aromatic carbocycles. The molecule has 1 N–H and O–H groups in total. The summed E-state index contributed by atoms with van der Waals surface area (Å²) >= 11 is 3.33. The highest BCUT2D eigenvalue weighted by molar-refractivity contribution is 9.10. The largest absolute Gasteiger partial charge is 0.439 e. The lowest BCUT2D eigenvalue weighted by atomic mass is 10.3. The molecule has 0 radical (unpaired) electrons. The fraction of sp³-hybridized carbons (Fsp3) is 0.0909. The van der Waals surface area contributed by atoms with Gasteiger partial charge in [-0.3, -0.25) is 4.79 Å². The van der Waals surface area contributed by atoms with Gasteiger partial charge in [-0.05, 0) is 31.2 Å². The van der Waals surface area contributed by atoms with E-state index in [1.54, 1.807) is 19.1 Å². The van der Waals surface area contributed by atoms with E-state index in [0.29, 0.717) is 17.5 Å². The van der Waals surface area contributed by atoms with E-state index in [0.717, 1.165) is 4.47 Å². The van der Waals surface area contributed by atoms with E-state index < -0.39 is 0 Å². The topological polar surface area (TPSA) is 55.0 Å². The molecule has 0 unspecified atom stereocenters. The van der Waals surface area contributed by atoms with Gasteiger partial charge in [-0.2, -0.15) is 0 Å². The Hall–Kier alpha value is -1.62. The number of nitrogens with zero attached hydrogens (tertiary/aromatic N) is 1. The molecule has 0 saturated heterocycles. The third kappa shape index (κ3) is 2.70. The first-order valence-corrected chi connectivity index (χ1v) is 5.44. The van der Waals surface area contributed by atoms with Crippen molar-refractivity contribution in [3.63, 3.8) is 0 Å². The Balaban J connectivity index is 2.26. The minimum atomic E-state index is -0.223. The zero-order valence-electron chi connectivity index (χ0n) is 8.53. The van der Waals surface area contributed by atoms with Crippen LogP contribution >= 0.6 is 15.9 Å². The second-order valence-corrected chi connectivity index (χ2v) is 4.14. The molecule has 16 heavy (non-hydrogen) atoms. The number of H-pyrrole nitrogens is 1. The van der Waals surface area contributed by atoms with Crippen LogP contribution < -0.4 is 10.3 Å². The van der Waals surface area contributed by atoms with E-state index >= 15 is 0 Å². The smallest absolute Gasteiger partial charge is 0.254 e. The molecule has 0 spiro atoms. The SMILES string of the molecule is Cc1nc(Oc2ccc(Br)cc2)cc(=O)[nH]1. The monoisotopic (exact) mass is 280 g/mol. The first-order chi connectivity index (χ1) is 7.63. The number of aromatic nitrogens is 2. The van der Waals surface area contributed by atoms with Gasteiger partial charge in [0.15, 0.2) is 0 Å². The Morgan fingerprint density at radius 2 is 2.00 bits per heavy atom. The minimum absolute atomic E-state index is 0.223. The van der Waals surface area contributed by atoms with Gasteiger partial charge < -0.3 is 9.72 Å². The Bertz CT molecular complexity index is 549. The lowest BCUT2D eigenvalue weighted by Gasteiger charge is -2.04. The standard InChI is InChI=1S/C11H9BrN2O2/c1-7-13-10(15)6-11(14-7)16-9-4-2-8(12)3-5-9/h2-6H,1H3,(H,13,14,15). The number of aromatic amines is 1. The highest BCUT2D eigenvalue weighted by Crippen LogP contribution is 2.20. The molecule has 0 atom stereocenters. The van der Waals surface area contributed by atoms with Crippen LogP contribution in [-0.2, 0) is 0 Å². The van der Waals surface area contributed by atoms with E-state index in [1.165, 1.54) is 6.07 Å². The first-order valence-electron chi connectivity index (χ1n) is 4.65. The summed E-state index contributed by atoms with van der Waals surface area (Å²) in [5.41, 5.74) is -0.223. The molecule has 0 amide bonds. The molecular formula is C11H9BrN2O2. The molecule has 0 fully saturated rings. The number of hydrogen-bond acceptors (Lipinski definition) is 3. The van der Waals surface area contributed by atoms with Crippen molar-refractivity contribution >= 4 is 15.9 Å². The molecule has 1 aromatic heterocycles. The number of rotatable bonds is 2. The summed E-state index contributed by atoms with van der Waals surface area (Å²) in [5.74, 6) is 1.46. The Morgan fingerprint density at radius 1 is 1.31 bits per heavy atom. The van der Waals surface area contributed by atoms with Crippen molar-refractivity contribution in [3.05, 3.63) is 51.0 Å². The molecule has 0 aliphatic carbocycles. The van der Waals surface area contributed by atoms with Gasteiger partial charge in [0.2, 0.25) is 5.88 Å². The van der Waals surface area contributed by atoms with Crippen molar-refractivity contribution in [2.24, 2.45) is 0 Å². The number of benzene rings is 1. The van der Waals surface area contributed by atoms with Crippen LogP contribution in [0.5, 0.6) is 11.6 Å². The van der Waals surface area contributed by atoms with Crippen LogP contribution in [0.3, 0.4) is 0 Å². The summed E-state index contributed by atoms with van der Waals surface area (Å²) in [6.45, 7) is 1.70. The van der Waals surface area contributed by atoms with Gasteiger partial charge in [0.05, 0.1) is 6.07 Å². The van der Waals surface area contributed by atoms with E-state index in [9.17, 15) is 4.79 Å². The number of nitrogens with one attached hydrogen (secondary N) is 1. The summed E-state index contributed by atoms with van der Waals surface area (Å²) in [6.07, 6.45) is 0. The van der Waals surface area contributed by atoms with Crippen LogP contribution in [0.2, 0.25) is 0 Å². The van der Waals surface area contributed by atoms with Crippen LogP contribution in [-0.4, -0.2) is 9.97 Å². The van der Waals surface area contributed by atoms with Crippen molar-refractivity contribution < 1.29 is 4.74 Å². The number of hydrogen-bond donors (Lipinski definition) is 1. The summed E-state index contributed by atoms with van der Waals surface area (Å²) in [5, 5.41) is 0. The second-order valence-electron chi connectivity index (χ2n) is 3.23. The fourth-order valence-electron chi connectivity index (χ4n) is 1.23. The van der Waals surface area contributed by atoms with Crippen molar-refractivity contribution in [2.75, 3.05) is 0 Å². The quantitative estimate of drug-likeness (QED) is 0.920. The van der Waals surface area contributed by atoms with E-state index in [-0.39, 0.29) is 5.56 Å². The van der Waals surface area contributed by atoms with Gasteiger partial charge in [0, 0.05) is 4.47 Å². The van der Waals surface area contributed by atoms with Crippen molar-refractivity contribution in [1.29, 1.82) is 0 Å². The fourth-order valence-corrected chi connectivity index (χ4v) is 1.49.